The normalized spacial score (nSPS) is 11.2. The van der Waals surface area contributed by atoms with Gasteiger partial charge in [-0.05, 0) is 6.92 Å². The van der Waals surface area contributed by atoms with Gasteiger partial charge in [0.25, 0.3) is 0 Å². The molecule has 0 fully saturated rings. The van der Waals surface area contributed by atoms with E-state index in [-0.39, 0.29) is 25.1 Å². The van der Waals surface area contributed by atoms with Crippen LogP contribution in [0.25, 0.3) is 0 Å². The Labute approximate surface area is 99.9 Å². The molecule has 1 atom stereocenters. The molecule has 0 aromatic rings. The molecule has 17 heavy (non-hydrogen) atoms. The lowest BCUT2D eigenvalue weighted by molar-refractivity contribution is -0.141. The smallest absolute Gasteiger partial charge is 0.409 e. The van der Waals surface area contributed by atoms with E-state index in [1.165, 1.54) is 13.0 Å². The van der Waals surface area contributed by atoms with Gasteiger partial charge in [0.15, 0.2) is 0 Å². The van der Waals surface area contributed by atoms with E-state index in [2.05, 4.69) is 23.2 Å². The summed E-state index contributed by atoms with van der Waals surface area (Å²) in [6, 6.07) is 0. The van der Waals surface area contributed by atoms with Crippen molar-refractivity contribution in [1.29, 1.82) is 0 Å². The second-order valence-electron chi connectivity index (χ2n) is 3.23. The van der Waals surface area contributed by atoms with Gasteiger partial charge in [-0.15, -0.1) is 6.58 Å². The summed E-state index contributed by atoms with van der Waals surface area (Å²) in [5, 5.41) is 11.6. The monoisotopic (exact) mass is 243 g/mol. The minimum atomic E-state index is -1.32. The lowest BCUT2D eigenvalue weighted by Gasteiger charge is -2.12. The standard InChI is InChI=1S/C11H17NO5/c1-4-6-12-11(15)17-9(13)5-7-16-10(14)8(2)3/h4,9,13H,1-2,5-7H2,3H3,(H,12,15). The second kappa shape index (κ2) is 8.35. The van der Waals surface area contributed by atoms with Crippen LogP contribution >= 0.6 is 0 Å². The highest BCUT2D eigenvalue weighted by molar-refractivity contribution is 5.86. The Morgan fingerprint density at radius 1 is 1.53 bits per heavy atom. The van der Waals surface area contributed by atoms with Gasteiger partial charge in [0.1, 0.15) is 0 Å². The number of amides is 1. The Kier molecular flexibility index (Phi) is 7.45. The van der Waals surface area contributed by atoms with E-state index >= 15 is 0 Å². The predicted molar refractivity (Wildman–Crippen MR) is 61.1 cm³/mol. The van der Waals surface area contributed by atoms with Gasteiger partial charge < -0.3 is 19.9 Å². The number of esters is 1. The van der Waals surface area contributed by atoms with Gasteiger partial charge in [-0.25, -0.2) is 9.59 Å². The number of carbonyl (C=O) groups excluding carboxylic acids is 2. The SMILES string of the molecule is C=CCNC(=O)OC(O)CCOC(=O)C(=C)C. The van der Waals surface area contributed by atoms with E-state index in [0.29, 0.717) is 0 Å². The third-order valence-electron chi connectivity index (χ3n) is 1.58. The molecule has 6 nitrogen and oxygen atoms in total. The number of hydrogen-bond donors (Lipinski definition) is 2. The average Bonchev–Trinajstić information content (AvgIpc) is 2.25. The third kappa shape index (κ3) is 8.04. The van der Waals surface area contributed by atoms with Crippen molar-refractivity contribution in [2.75, 3.05) is 13.2 Å². The molecule has 0 aromatic carbocycles. The number of hydrogen-bond acceptors (Lipinski definition) is 5. The van der Waals surface area contributed by atoms with Crippen molar-refractivity contribution in [1.82, 2.24) is 5.32 Å². The summed E-state index contributed by atoms with van der Waals surface area (Å²) in [4.78, 5) is 21.9. The molecule has 0 saturated heterocycles. The Morgan fingerprint density at radius 3 is 2.71 bits per heavy atom. The van der Waals surface area contributed by atoms with Gasteiger partial charge in [0, 0.05) is 18.5 Å². The van der Waals surface area contributed by atoms with E-state index in [4.69, 9.17) is 4.74 Å². The second-order valence-corrected chi connectivity index (χ2v) is 3.23. The summed E-state index contributed by atoms with van der Waals surface area (Å²) in [6.07, 6.45) is -0.607. The third-order valence-corrected chi connectivity index (χ3v) is 1.58. The fourth-order valence-corrected chi connectivity index (χ4v) is 0.755. The number of carbonyl (C=O) groups is 2. The summed E-state index contributed by atoms with van der Waals surface area (Å²) >= 11 is 0. The Hall–Kier alpha value is -1.82. The first-order chi connectivity index (χ1) is 7.97. The average molecular weight is 243 g/mol. The van der Waals surface area contributed by atoms with Crippen LogP contribution in [0.15, 0.2) is 24.8 Å². The molecule has 1 amide bonds. The molecule has 0 aliphatic carbocycles. The van der Waals surface area contributed by atoms with Crippen LogP contribution < -0.4 is 5.32 Å². The van der Waals surface area contributed by atoms with Crippen LogP contribution in [0, 0.1) is 0 Å². The molecule has 96 valence electrons. The van der Waals surface area contributed by atoms with E-state index in [1.807, 2.05) is 0 Å². The molecule has 0 saturated carbocycles. The van der Waals surface area contributed by atoms with Crippen LogP contribution in [0.2, 0.25) is 0 Å². The number of alkyl carbamates (subject to hydrolysis) is 1. The van der Waals surface area contributed by atoms with Crippen molar-refractivity contribution < 1.29 is 24.2 Å². The van der Waals surface area contributed by atoms with E-state index in [9.17, 15) is 14.7 Å². The zero-order chi connectivity index (χ0) is 13.3. The summed E-state index contributed by atoms with van der Waals surface area (Å²) < 4.78 is 9.25. The van der Waals surface area contributed by atoms with Crippen molar-refractivity contribution in [2.24, 2.45) is 0 Å². The fraction of sp³-hybridized carbons (Fsp3) is 0.455. The number of aliphatic hydroxyl groups excluding tert-OH is 1. The van der Waals surface area contributed by atoms with Crippen LogP contribution in [-0.4, -0.2) is 36.6 Å². The first-order valence-corrected chi connectivity index (χ1v) is 5.03. The van der Waals surface area contributed by atoms with E-state index in [1.54, 1.807) is 0 Å². The lowest BCUT2D eigenvalue weighted by atomic mass is 10.3. The van der Waals surface area contributed by atoms with Crippen LogP contribution in [0.1, 0.15) is 13.3 Å². The molecule has 0 bridgehead atoms. The van der Waals surface area contributed by atoms with Crippen molar-refractivity contribution in [3.63, 3.8) is 0 Å². The minimum Gasteiger partial charge on any atom is -0.462 e. The van der Waals surface area contributed by atoms with Crippen LogP contribution in [0.5, 0.6) is 0 Å². The van der Waals surface area contributed by atoms with Crippen LogP contribution in [0.4, 0.5) is 4.79 Å². The summed E-state index contributed by atoms with van der Waals surface area (Å²) in [7, 11) is 0. The maximum absolute atomic E-state index is 11.0. The first kappa shape index (κ1) is 15.2. The fourth-order valence-electron chi connectivity index (χ4n) is 0.755. The summed E-state index contributed by atoms with van der Waals surface area (Å²) in [6.45, 7) is 8.50. The topological polar surface area (TPSA) is 84.9 Å². The van der Waals surface area contributed by atoms with Crippen molar-refractivity contribution in [3.8, 4) is 0 Å². The van der Waals surface area contributed by atoms with Gasteiger partial charge in [-0.2, -0.15) is 0 Å². The Balaban J connectivity index is 3.68. The van der Waals surface area contributed by atoms with Gasteiger partial charge in [0.2, 0.25) is 6.29 Å². The van der Waals surface area contributed by atoms with Crippen molar-refractivity contribution >= 4 is 12.1 Å². The molecule has 2 N–H and O–H groups in total. The molecule has 0 aliphatic rings. The highest BCUT2D eigenvalue weighted by Crippen LogP contribution is 1.98. The highest BCUT2D eigenvalue weighted by Gasteiger charge is 2.11. The lowest BCUT2D eigenvalue weighted by Crippen LogP contribution is -2.29. The molecule has 0 aliphatic heterocycles. The number of ether oxygens (including phenoxy) is 2. The molecular formula is C11H17NO5. The maximum atomic E-state index is 11.0. The zero-order valence-electron chi connectivity index (χ0n) is 9.77. The molecule has 0 rings (SSSR count). The quantitative estimate of drug-likeness (QED) is 0.298. The predicted octanol–water partition coefficient (Wildman–Crippen LogP) is 0.726. The van der Waals surface area contributed by atoms with Gasteiger partial charge in [-0.1, -0.05) is 12.7 Å². The van der Waals surface area contributed by atoms with Crippen molar-refractivity contribution in [3.05, 3.63) is 24.8 Å². The maximum Gasteiger partial charge on any atom is 0.409 e. The first-order valence-electron chi connectivity index (χ1n) is 5.03. The molecular weight excluding hydrogens is 226 g/mol. The van der Waals surface area contributed by atoms with Gasteiger partial charge >= 0.3 is 12.1 Å². The molecule has 6 heteroatoms. The Morgan fingerprint density at radius 2 is 2.18 bits per heavy atom. The molecule has 0 heterocycles. The minimum absolute atomic E-state index is 0.000525. The zero-order valence-corrected chi connectivity index (χ0v) is 9.77. The highest BCUT2D eigenvalue weighted by atomic mass is 16.6. The number of nitrogens with one attached hydrogen (secondary N) is 1. The molecule has 1 unspecified atom stereocenters. The van der Waals surface area contributed by atoms with Crippen molar-refractivity contribution in [2.45, 2.75) is 19.6 Å². The summed E-state index contributed by atoms with van der Waals surface area (Å²) in [5.41, 5.74) is 0.268. The molecule has 0 aromatic heterocycles. The summed E-state index contributed by atoms with van der Waals surface area (Å²) in [5.74, 6) is -0.548. The molecule has 0 spiro atoms. The Bertz CT molecular complexity index is 300. The van der Waals surface area contributed by atoms with E-state index in [0.717, 1.165) is 0 Å². The van der Waals surface area contributed by atoms with Crippen LogP contribution in [-0.2, 0) is 14.3 Å². The van der Waals surface area contributed by atoms with E-state index < -0.39 is 18.4 Å². The number of aliphatic hydroxyl groups is 1. The van der Waals surface area contributed by atoms with Gasteiger partial charge in [-0.3, -0.25) is 0 Å². The number of rotatable bonds is 7. The van der Waals surface area contributed by atoms with Gasteiger partial charge in [0.05, 0.1) is 6.61 Å². The largest absolute Gasteiger partial charge is 0.462 e. The molecule has 0 radical (unpaired) electrons. The van der Waals surface area contributed by atoms with Crippen LogP contribution in [0.3, 0.4) is 0 Å².